The molecule has 1 aliphatic heterocycles. The SMILES string of the molecule is Cc1cccc(C)c1N=C1C(C(C)(C)C)ON1C(C)(C)C. The molecular formula is C18H28N2O. The second-order valence-corrected chi connectivity index (χ2v) is 8.03. The van der Waals surface area contributed by atoms with Crippen molar-refractivity contribution < 1.29 is 4.84 Å². The van der Waals surface area contributed by atoms with Gasteiger partial charge in [-0.05, 0) is 51.2 Å². The first-order valence-corrected chi connectivity index (χ1v) is 7.63. The minimum atomic E-state index is -0.0861. The molecule has 1 unspecified atom stereocenters. The maximum Gasteiger partial charge on any atom is 0.162 e. The lowest BCUT2D eigenvalue weighted by atomic mass is 9.85. The van der Waals surface area contributed by atoms with E-state index >= 15 is 0 Å². The van der Waals surface area contributed by atoms with Crippen LogP contribution in [-0.4, -0.2) is 22.5 Å². The van der Waals surface area contributed by atoms with Crippen LogP contribution in [-0.2, 0) is 4.84 Å². The Labute approximate surface area is 129 Å². The minimum Gasteiger partial charge on any atom is -0.260 e. The van der Waals surface area contributed by atoms with Gasteiger partial charge < -0.3 is 0 Å². The lowest BCUT2D eigenvalue weighted by Crippen LogP contribution is -2.65. The van der Waals surface area contributed by atoms with Crippen molar-refractivity contribution in [2.75, 3.05) is 0 Å². The van der Waals surface area contributed by atoms with E-state index in [9.17, 15) is 0 Å². The van der Waals surface area contributed by atoms with E-state index in [1.165, 1.54) is 11.1 Å². The van der Waals surface area contributed by atoms with E-state index in [1.807, 2.05) is 5.06 Å². The zero-order valence-electron chi connectivity index (χ0n) is 14.6. The number of rotatable bonds is 1. The standard InChI is InChI=1S/C18H28N2O/c1-12-10-9-11-13(2)14(12)19-16-15(17(3,4)5)21-20(16)18(6,7)8/h9-11,15H,1-8H3. The van der Waals surface area contributed by atoms with Gasteiger partial charge in [0, 0.05) is 0 Å². The van der Waals surface area contributed by atoms with E-state index in [0.29, 0.717) is 0 Å². The second-order valence-electron chi connectivity index (χ2n) is 8.03. The average molecular weight is 288 g/mol. The van der Waals surface area contributed by atoms with Crippen LogP contribution >= 0.6 is 0 Å². The van der Waals surface area contributed by atoms with Crippen LogP contribution in [0.2, 0.25) is 0 Å². The molecule has 0 N–H and O–H groups in total. The van der Waals surface area contributed by atoms with Gasteiger partial charge in [0.05, 0.1) is 11.2 Å². The maximum absolute atomic E-state index is 6.04. The molecule has 116 valence electrons. The van der Waals surface area contributed by atoms with Gasteiger partial charge in [-0.3, -0.25) is 4.84 Å². The fourth-order valence-electron chi connectivity index (χ4n) is 2.51. The van der Waals surface area contributed by atoms with Crippen LogP contribution in [0.3, 0.4) is 0 Å². The summed E-state index contributed by atoms with van der Waals surface area (Å²) in [5, 5.41) is 1.95. The van der Waals surface area contributed by atoms with Gasteiger partial charge in [-0.1, -0.05) is 39.0 Å². The summed E-state index contributed by atoms with van der Waals surface area (Å²) in [5.41, 5.74) is 3.43. The second kappa shape index (κ2) is 5.13. The molecule has 1 fully saturated rings. The molecule has 3 nitrogen and oxygen atoms in total. The van der Waals surface area contributed by atoms with Crippen molar-refractivity contribution in [1.82, 2.24) is 5.06 Å². The van der Waals surface area contributed by atoms with Crippen LogP contribution in [0.4, 0.5) is 5.69 Å². The molecule has 0 saturated carbocycles. The third kappa shape index (κ3) is 3.13. The first-order valence-electron chi connectivity index (χ1n) is 7.63. The number of nitrogens with zero attached hydrogens (tertiary/aromatic N) is 2. The lowest BCUT2D eigenvalue weighted by Gasteiger charge is -2.52. The van der Waals surface area contributed by atoms with Crippen molar-refractivity contribution in [3.05, 3.63) is 29.3 Å². The van der Waals surface area contributed by atoms with E-state index in [4.69, 9.17) is 9.83 Å². The van der Waals surface area contributed by atoms with Crippen molar-refractivity contribution in [2.24, 2.45) is 10.4 Å². The highest BCUT2D eigenvalue weighted by Gasteiger charge is 2.48. The number of hydrogen-bond donors (Lipinski definition) is 0. The molecule has 2 rings (SSSR count). The van der Waals surface area contributed by atoms with Crippen LogP contribution in [0.25, 0.3) is 0 Å². The van der Waals surface area contributed by atoms with Crippen LogP contribution in [0.15, 0.2) is 23.2 Å². The summed E-state index contributed by atoms with van der Waals surface area (Å²) in [6, 6.07) is 6.30. The average Bonchev–Trinajstić information content (AvgIpc) is 2.22. The molecule has 0 spiro atoms. The Bertz CT molecular complexity index is 519. The van der Waals surface area contributed by atoms with Crippen molar-refractivity contribution >= 4 is 11.5 Å². The number of amidine groups is 1. The number of para-hydroxylation sites is 1. The zero-order valence-corrected chi connectivity index (χ0v) is 14.6. The summed E-state index contributed by atoms with van der Waals surface area (Å²) in [5.74, 6) is 1.03. The molecule has 1 saturated heterocycles. The van der Waals surface area contributed by atoms with E-state index in [0.717, 1.165) is 11.5 Å². The monoisotopic (exact) mass is 288 g/mol. The fourth-order valence-corrected chi connectivity index (χ4v) is 2.51. The van der Waals surface area contributed by atoms with Crippen molar-refractivity contribution in [2.45, 2.75) is 67.0 Å². The van der Waals surface area contributed by atoms with Crippen LogP contribution in [0.5, 0.6) is 0 Å². The number of aliphatic imine (C=N–C) groups is 1. The smallest absolute Gasteiger partial charge is 0.162 e. The van der Waals surface area contributed by atoms with E-state index in [2.05, 4.69) is 73.6 Å². The van der Waals surface area contributed by atoms with Gasteiger partial charge in [-0.2, -0.15) is 0 Å². The zero-order chi connectivity index (χ0) is 16.0. The third-order valence-corrected chi connectivity index (χ3v) is 3.72. The molecular weight excluding hydrogens is 260 g/mol. The first kappa shape index (κ1) is 16.0. The summed E-state index contributed by atoms with van der Waals surface area (Å²) in [7, 11) is 0. The first-order chi connectivity index (χ1) is 9.51. The van der Waals surface area contributed by atoms with Gasteiger partial charge in [-0.25, -0.2) is 10.1 Å². The highest BCUT2D eigenvalue weighted by Crippen LogP contribution is 2.38. The lowest BCUT2D eigenvalue weighted by molar-refractivity contribution is -0.255. The largest absolute Gasteiger partial charge is 0.260 e. The molecule has 3 heteroatoms. The van der Waals surface area contributed by atoms with Crippen molar-refractivity contribution in [3.63, 3.8) is 0 Å². The van der Waals surface area contributed by atoms with Crippen molar-refractivity contribution in [3.8, 4) is 0 Å². The van der Waals surface area contributed by atoms with Gasteiger partial charge in [0.2, 0.25) is 0 Å². The molecule has 1 atom stereocenters. The Morgan fingerprint density at radius 1 is 1.00 bits per heavy atom. The van der Waals surface area contributed by atoms with E-state index < -0.39 is 0 Å². The molecule has 0 aromatic heterocycles. The summed E-state index contributed by atoms with van der Waals surface area (Å²) in [6.07, 6.45) is 0.0377. The molecule has 0 amide bonds. The van der Waals surface area contributed by atoms with Gasteiger partial charge in [0.1, 0.15) is 6.10 Å². The maximum atomic E-state index is 6.04. The Hall–Kier alpha value is -1.35. The Morgan fingerprint density at radius 3 is 1.95 bits per heavy atom. The Balaban J connectivity index is 2.47. The van der Waals surface area contributed by atoms with Crippen LogP contribution < -0.4 is 0 Å². The predicted molar refractivity (Wildman–Crippen MR) is 88.9 cm³/mol. The molecule has 1 aliphatic rings. The van der Waals surface area contributed by atoms with Gasteiger partial charge >= 0.3 is 0 Å². The van der Waals surface area contributed by atoms with Crippen LogP contribution in [0, 0.1) is 19.3 Å². The summed E-state index contributed by atoms with van der Waals surface area (Å²) >= 11 is 0. The fraction of sp³-hybridized carbons (Fsp3) is 0.611. The molecule has 21 heavy (non-hydrogen) atoms. The van der Waals surface area contributed by atoms with E-state index in [-0.39, 0.29) is 17.1 Å². The molecule has 1 aromatic rings. The quantitative estimate of drug-likeness (QED) is 0.742. The highest BCUT2D eigenvalue weighted by atomic mass is 16.7. The third-order valence-electron chi connectivity index (χ3n) is 3.72. The molecule has 0 radical (unpaired) electrons. The number of aryl methyl sites for hydroxylation is 2. The topological polar surface area (TPSA) is 24.8 Å². The van der Waals surface area contributed by atoms with Gasteiger partial charge in [-0.15, -0.1) is 0 Å². The summed E-state index contributed by atoms with van der Waals surface area (Å²) in [4.78, 5) is 11.0. The molecule has 0 bridgehead atoms. The Kier molecular flexibility index (Phi) is 3.92. The summed E-state index contributed by atoms with van der Waals surface area (Å²) < 4.78 is 0. The molecule has 1 heterocycles. The molecule has 1 aromatic carbocycles. The number of hydrogen-bond acceptors (Lipinski definition) is 2. The number of benzene rings is 1. The number of hydroxylamine groups is 2. The Morgan fingerprint density at radius 2 is 1.52 bits per heavy atom. The summed E-state index contributed by atoms with van der Waals surface area (Å²) in [6.45, 7) is 17.2. The van der Waals surface area contributed by atoms with Gasteiger partial charge in [0.15, 0.2) is 5.84 Å². The normalized spacial score (nSPS) is 21.6. The van der Waals surface area contributed by atoms with E-state index in [1.54, 1.807) is 0 Å². The van der Waals surface area contributed by atoms with Gasteiger partial charge in [0.25, 0.3) is 0 Å². The highest BCUT2D eigenvalue weighted by molar-refractivity contribution is 5.93. The molecule has 0 aliphatic carbocycles. The van der Waals surface area contributed by atoms with Crippen LogP contribution in [0.1, 0.15) is 52.7 Å². The minimum absolute atomic E-state index is 0.0377. The predicted octanol–water partition coefficient (Wildman–Crippen LogP) is 4.79. The van der Waals surface area contributed by atoms with Crippen molar-refractivity contribution in [1.29, 1.82) is 0 Å².